The van der Waals surface area contributed by atoms with Gasteiger partial charge in [0.1, 0.15) is 12.2 Å². The number of ether oxygens (including phenoxy) is 3. The first-order chi connectivity index (χ1) is 12.7. The van der Waals surface area contributed by atoms with Crippen molar-refractivity contribution in [2.24, 2.45) is 5.92 Å². The molecule has 2 heterocycles. The first-order valence-electron chi connectivity index (χ1n) is 9.94. The lowest BCUT2D eigenvalue weighted by Gasteiger charge is -2.10. The highest BCUT2D eigenvalue weighted by Gasteiger charge is 2.59. The number of unbranched alkanes of at least 4 members (excludes halogenated alkanes) is 3. The molecule has 26 heavy (non-hydrogen) atoms. The lowest BCUT2D eigenvalue weighted by molar-refractivity contribution is -0.140. The van der Waals surface area contributed by atoms with Crippen molar-refractivity contribution in [3.05, 3.63) is 23.8 Å². The van der Waals surface area contributed by atoms with Crippen LogP contribution in [-0.2, 0) is 23.8 Å². The predicted molar refractivity (Wildman–Crippen MR) is 97.7 cm³/mol. The fourth-order valence-electron chi connectivity index (χ4n) is 3.77. The van der Waals surface area contributed by atoms with E-state index in [1.807, 2.05) is 6.08 Å². The summed E-state index contributed by atoms with van der Waals surface area (Å²) in [4.78, 5) is 23.6. The summed E-state index contributed by atoms with van der Waals surface area (Å²) in [7, 11) is 1.40. The zero-order chi connectivity index (χ0) is 18.5. The van der Waals surface area contributed by atoms with E-state index in [9.17, 15) is 9.59 Å². The van der Waals surface area contributed by atoms with Gasteiger partial charge in [0.25, 0.3) is 0 Å². The minimum atomic E-state index is -0.212. The van der Waals surface area contributed by atoms with Crippen molar-refractivity contribution in [2.45, 2.75) is 82.7 Å². The van der Waals surface area contributed by atoms with Gasteiger partial charge >= 0.3 is 5.97 Å². The van der Waals surface area contributed by atoms with Gasteiger partial charge in [0.2, 0.25) is 0 Å². The Morgan fingerprint density at radius 2 is 2.04 bits per heavy atom. The zero-order valence-electron chi connectivity index (χ0n) is 15.8. The van der Waals surface area contributed by atoms with Crippen LogP contribution in [0.15, 0.2) is 23.8 Å². The van der Waals surface area contributed by atoms with Gasteiger partial charge in [-0.2, -0.15) is 0 Å². The Morgan fingerprint density at radius 3 is 2.81 bits per heavy atom. The predicted octanol–water partition coefficient (Wildman–Crippen LogP) is 3.52. The van der Waals surface area contributed by atoms with Crippen LogP contribution >= 0.6 is 0 Å². The summed E-state index contributed by atoms with van der Waals surface area (Å²) in [5.74, 6) is 0.132. The molecule has 3 rings (SSSR count). The van der Waals surface area contributed by atoms with Crippen LogP contribution in [0.5, 0.6) is 0 Å². The van der Waals surface area contributed by atoms with Crippen LogP contribution in [0.2, 0.25) is 0 Å². The number of carbonyl (C=O) groups is 2. The molecule has 1 saturated carbocycles. The maximum Gasteiger partial charge on any atom is 0.305 e. The number of fused-ring (bicyclic) bond motifs is 1. The molecule has 0 spiro atoms. The number of allylic oxidation sites excluding steroid dienone is 2. The van der Waals surface area contributed by atoms with Gasteiger partial charge in [0, 0.05) is 17.9 Å². The Morgan fingerprint density at radius 1 is 1.19 bits per heavy atom. The van der Waals surface area contributed by atoms with Crippen LogP contribution in [0.3, 0.4) is 0 Å². The highest BCUT2D eigenvalue weighted by Crippen LogP contribution is 2.47. The quantitative estimate of drug-likeness (QED) is 0.185. The fraction of sp³-hybridized carbons (Fsp3) is 0.714. The van der Waals surface area contributed by atoms with E-state index in [4.69, 9.17) is 9.47 Å². The molecule has 3 fully saturated rings. The molecule has 5 nitrogen and oxygen atoms in total. The molecule has 0 aromatic rings. The monoisotopic (exact) mass is 362 g/mol. The van der Waals surface area contributed by atoms with E-state index in [0.29, 0.717) is 6.42 Å². The number of methoxy groups -OCH3 is 1. The smallest absolute Gasteiger partial charge is 0.305 e. The van der Waals surface area contributed by atoms with Crippen molar-refractivity contribution >= 4 is 11.8 Å². The third-order valence-electron chi connectivity index (χ3n) is 5.46. The summed E-state index contributed by atoms with van der Waals surface area (Å²) in [5.41, 5.74) is 0.893. The number of rotatable bonds is 11. The Bertz CT molecular complexity index is 579. The lowest BCUT2D eigenvalue weighted by Crippen LogP contribution is -2.12. The normalized spacial score (nSPS) is 33.7. The van der Waals surface area contributed by atoms with Crippen molar-refractivity contribution in [1.29, 1.82) is 0 Å². The average molecular weight is 362 g/mol. The van der Waals surface area contributed by atoms with Crippen molar-refractivity contribution in [2.75, 3.05) is 7.11 Å². The highest BCUT2D eigenvalue weighted by molar-refractivity contribution is 6.04. The molecule has 3 aliphatic rings. The average Bonchev–Trinajstić information content (AvgIpc) is 3.54. The van der Waals surface area contributed by atoms with Gasteiger partial charge in [-0.3, -0.25) is 9.59 Å². The van der Waals surface area contributed by atoms with Crippen molar-refractivity contribution in [3.63, 3.8) is 0 Å². The molecule has 0 aromatic carbocycles. The minimum Gasteiger partial charge on any atom is -0.469 e. The van der Waals surface area contributed by atoms with Crippen LogP contribution < -0.4 is 0 Å². The molecule has 0 amide bonds. The Kier molecular flexibility index (Phi) is 6.65. The fourth-order valence-corrected chi connectivity index (χ4v) is 3.77. The Balaban J connectivity index is 1.46. The SMILES string of the molecule is CCCCC/C=C\C[C@@H]1/C(=C\[C@H]2O[C@@H]2CCCC(=O)OC)C(=O)[C@H]2O[C@H]21. The number of hydrogen-bond acceptors (Lipinski definition) is 5. The van der Waals surface area contributed by atoms with Crippen LogP contribution in [0.25, 0.3) is 0 Å². The zero-order valence-corrected chi connectivity index (χ0v) is 15.8. The molecule has 0 bridgehead atoms. The third-order valence-corrected chi connectivity index (χ3v) is 5.46. The van der Waals surface area contributed by atoms with Gasteiger partial charge in [-0.05, 0) is 38.2 Å². The van der Waals surface area contributed by atoms with E-state index in [1.54, 1.807) is 0 Å². The molecular weight excluding hydrogens is 332 g/mol. The van der Waals surface area contributed by atoms with E-state index < -0.39 is 0 Å². The molecule has 0 radical (unpaired) electrons. The first kappa shape index (κ1) is 19.3. The van der Waals surface area contributed by atoms with Crippen LogP contribution in [0.4, 0.5) is 0 Å². The lowest BCUT2D eigenvalue weighted by atomic mass is 9.95. The summed E-state index contributed by atoms with van der Waals surface area (Å²) >= 11 is 0. The summed E-state index contributed by atoms with van der Waals surface area (Å²) in [6.07, 6.45) is 14.1. The first-order valence-corrected chi connectivity index (χ1v) is 9.94. The third kappa shape index (κ3) is 4.83. The van der Waals surface area contributed by atoms with Gasteiger partial charge in [0.15, 0.2) is 5.78 Å². The highest BCUT2D eigenvalue weighted by atomic mass is 16.6. The molecule has 1 aliphatic carbocycles. The Labute approximate surface area is 155 Å². The molecule has 2 saturated heterocycles. The largest absolute Gasteiger partial charge is 0.469 e. The van der Waals surface area contributed by atoms with Crippen LogP contribution in [0, 0.1) is 5.92 Å². The standard InChI is InChI=1S/C21H30O5/c1-3-4-5-6-7-8-10-14-15(19(23)21-20(14)26-21)13-17-16(25-17)11-9-12-18(22)24-2/h7-8,13-14,16-17,20-21H,3-6,9-12H2,1-2H3/b8-7-,15-13+/t14-,16-,17-,20+,21-/m1/s1. The Hall–Kier alpha value is -1.46. The van der Waals surface area contributed by atoms with E-state index >= 15 is 0 Å². The number of Topliss-reactive ketones (excluding diaryl/α,β-unsaturated/α-hetero) is 1. The van der Waals surface area contributed by atoms with Crippen molar-refractivity contribution in [3.8, 4) is 0 Å². The van der Waals surface area contributed by atoms with Gasteiger partial charge < -0.3 is 14.2 Å². The molecule has 0 aromatic heterocycles. The van der Waals surface area contributed by atoms with E-state index in [0.717, 1.165) is 31.3 Å². The summed E-state index contributed by atoms with van der Waals surface area (Å²) in [6.45, 7) is 2.21. The summed E-state index contributed by atoms with van der Waals surface area (Å²) < 4.78 is 15.8. The van der Waals surface area contributed by atoms with Gasteiger partial charge in [-0.15, -0.1) is 0 Å². The van der Waals surface area contributed by atoms with E-state index in [1.165, 1.54) is 26.4 Å². The van der Waals surface area contributed by atoms with Crippen LogP contribution in [0.1, 0.15) is 58.3 Å². The topological polar surface area (TPSA) is 68.4 Å². The molecule has 0 unspecified atom stereocenters. The summed E-state index contributed by atoms with van der Waals surface area (Å²) in [5, 5.41) is 0. The van der Waals surface area contributed by atoms with E-state index in [-0.39, 0.29) is 42.1 Å². The van der Waals surface area contributed by atoms with Gasteiger partial charge in [-0.1, -0.05) is 31.9 Å². The van der Waals surface area contributed by atoms with Gasteiger partial charge in [-0.25, -0.2) is 0 Å². The van der Waals surface area contributed by atoms with Crippen LogP contribution in [-0.4, -0.2) is 43.3 Å². The number of epoxide rings is 2. The van der Waals surface area contributed by atoms with E-state index in [2.05, 4.69) is 23.8 Å². The maximum atomic E-state index is 12.4. The molecule has 2 aliphatic heterocycles. The second-order valence-electron chi connectivity index (χ2n) is 7.42. The van der Waals surface area contributed by atoms with Crippen molar-refractivity contribution < 1.29 is 23.8 Å². The molecule has 144 valence electrons. The maximum absolute atomic E-state index is 12.4. The number of ketones is 1. The minimum absolute atomic E-state index is 0.0140. The van der Waals surface area contributed by atoms with Crippen molar-refractivity contribution in [1.82, 2.24) is 0 Å². The van der Waals surface area contributed by atoms with Gasteiger partial charge in [0.05, 0.1) is 19.3 Å². The summed E-state index contributed by atoms with van der Waals surface area (Å²) in [6, 6.07) is 0. The number of esters is 1. The number of carbonyl (C=O) groups excluding carboxylic acids is 2. The molecule has 5 heteroatoms. The molecular formula is C21H30O5. The second kappa shape index (κ2) is 8.96. The molecule has 5 atom stereocenters. The molecule has 0 N–H and O–H groups in total. The number of hydrogen-bond donors (Lipinski definition) is 0. The second-order valence-corrected chi connectivity index (χ2v) is 7.42.